The third kappa shape index (κ3) is 2.31. The van der Waals surface area contributed by atoms with Gasteiger partial charge in [0, 0.05) is 13.1 Å². The molecule has 0 aromatic heterocycles. The molecule has 0 radical (unpaired) electrons. The number of anilines is 2. The lowest BCUT2D eigenvalue weighted by Crippen LogP contribution is -2.20. The molecule has 1 atom stereocenters. The first-order valence-electron chi connectivity index (χ1n) is 6.31. The minimum Gasteiger partial charge on any atom is -0.397 e. The van der Waals surface area contributed by atoms with Gasteiger partial charge < -0.3 is 10.6 Å². The van der Waals surface area contributed by atoms with Crippen molar-refractivity contribution in [1.82, 2.24) is 0 Å². The number of aryl methyl sites for hydroxylation is 1. The summed E-state index contributed by atoms with van der Waals surface area (Å²) in [5.41, 5.74) is 9.50. The number of benzene rings is 1. The first kappa shape index (κ1) is 11.3. The molecule has 0 saturated carbocycles. The van der Waals surface area contributed by atoms with Gasteiger partial charge in [0.2, 0.25) is 0 Å². The summed E-state index contributed by atoms with van der Waals surface area (Å²) in [7, 11) is 0. The first-order valence-corrected chi connectivity index (χ1v) is 6.31. The molecule has 1 aromatic carbocycles. The van der Waals surface area contributed by atoms with Crippen LogP contribution in [0, 0.1) is 12.8 Å². The normalized spacial score (nSPS) is 20.4. The van der Waals surface area contributed by atoms with E-state index in [1.54, 1.807) is 0 Å². The van der Waals surface area contributed by atoms with Gasteiger partial charge in [-0.2, -0.15) is 0 Å². The van der Waals surface area contributed by atoms with Crippen LogP contribution in [0.1, 0.15) is 31.7 Å². The minimum atomic E-state index is 0.866. The Morgan fingerprint density at radius 2 is 2.25 bits per heavy atom. The lowest BCUT2D eigenvalue weighted by atomic mass is 10.0. The van der Waals surface area contributed by atoms with E-state index in [1.165, 1.54) is 43.6 Å². The highest BCUT2D eigenvalue weighted by atomic mass is 15.2. The summed E-state index contributed by atoms with van der Waals surface area (Å²) in [6.07, 6.45) is 3.96. The van der Waals surface area contributed by atoms with Crippen molar-refractivity contribution >= 4 is 11.4 Å². The molecule has 2 N–H and O–H groups in total. The van der Waals surface area contributed by atoms with Gasteiger partial charge in [-0.25, -0.2) is 0 Å². The van der Waals surface area contributed by atoms with Crippen molar-refractivity contribution < 1.29 is 0 Å². The predicted octanol–water partition coefficient (Wildman–Crippen LogP) is 3.20. The fraction of sp³-hybridized carbons (Fsp3) is 0.571. The van der Waals surface area contributed by atoms with Crippen LogP contribution in [-0.4, -0.2) is 13.1 Å². The quantitative estimate of drug-likeness (QED) is 0.789. The van der Waals surface area contributed by atoms with Crippen LogP contribution in [0.15, 0.2) is 18.2 Å². The maximum absolute atomic E-state index is 6.05. The molecule has 2 rings (SSSR count). The Hall–Kier alpha value is -1.18. The zero-order valence-corrected chi connectivity index (χ0v) is 10.4. The highest BCUT2D eigenvalue weighted by molar-refractivity contribution is 5.68. The molecule has 16 heavy (non-hydrogen) atoms. The molecule has 1 aliphatic rings. The van der Waals surface area contributed by atoms with Crippen molar-refractivity contribution in [3.8, 4) is 0 Å². The van der Waals surface area contributed by atoms with Crippen LogP contribution in [0.3, 0.4) is 0 Å². The average molecular weight is 218 g/mol. The largest absolute Gasteiger partial charge is 0.397 e. The second-order valence-corrected chi connectivity index (χ2v) is 4.95. The summed E-state index contributed by atoms with van der Waals surface area (Å²) >= 11 is 0. The van der Waals surface area contributed by atoms with E-state index < -0.39 is 0 Å². The molecule has 0 amide bonds. The van der Waals surface area contributed by atoms with E-state index in [0.29, 0.717) is 0 Å². The topological polar surface area (TPSA) is 29.3 Å². The van der Waals surface area contributed by atoms with E-state index in [0.717, 1.165) is 11.6 Å². The van der Waals surface area contributed by atoms with E-state index in [-0.39, 0.29) is 0 Å². The molecule has 88 valence electrons. The molecule has 1 aliphatic heterocycles. The third-order valence-corrected chi connectivity index (χ3v) is 3.51. The predicted molar refractivity (Wildman–Crippen MR) is 70.8 cm³/mol. The highest BCUT2D eigenvalue weighted by Crippen LogP contribution is 2.31. The SMILES string of the molecule is CCCC1CCN(c2cc(C)ccc2N)C1. The molecule has 2 nitrogen and oxygen atoms in total. The van der Waals surface area contributed by atoms with E-state index in [2.05, 4.69) is 30.9 Å². The Morgan fingerprint density at radius 1 is 1.44 bits per heavy atom. The van der Waals surface area contributed by atoms with Crippen LogP contribution < -0.4 is 10.6 Å². The number of rotatable bonds is 3. The molecule has 1 aromatic rings. The fourth-order valence-corrected chi connectivity index (χ4v) is 2.62. The van der Waals surface area contributed by atoms with Gasteiger partial charge in [-0.15, -0.1) is 0 Å². The fourth-order valence-electron chi connectivity index (χ4n) is 2.62. The number of nitrogens with two attached hydrogens (primary N) is 1. The molecular weight excluding hydrogens is 196 g/mol. The molecule has 1 fully saturated rings. The van der Waals surface area contributed by atoms with E-state index in [4.69, 9.17) is 5.73 Å². The molecule has 2 heteroatoms. The van der Waals surface area contributed by atoms with Gasteiger partial charge in [0.05, 0.1) is 11.4 Å². The first-order chi connectivity index (χ1) is 7.70. The van der Waals surface area contributed by atoms with Crippen LogP contribution in [0.4, 0.5) is 11.4 Å². The van der Waals surface area contributed by atoms with Crippen molar-refractivity contribution in [2.45, 2.75) is 33.1 Å². The van der Waals surface area contributed by atoms with E-state index in [9.17, 15) is 0 Å². The number of nitrogen functional groups attached to an aromatic ring is 1. The summed E-state index contributed by atoms with van der Waals surface area (Å²) in [6.45, 7) is 6.74. The highest BCUT2D eigenvalue weighted by Gasteiger charge is 2.22. The second kappa shape index (κ2) is 4.77. The molecule has 1 heterocycles. The Bertz CT molecular complexity index is 360. The summed E-state index contributed by atoms with van der Waals surface area (Å²) in [6, 6.07) is 6.32. The van der Waals surface area contributed by atoms with Gasteiger partial charge in [0.1, 0.15) is 0 Å². The van der Waals surface area contributed by atoms with Crippen LogP contribution in [0.25, 0.3) is 0 Å². The Morgan fingerprint density at radius 3 is 3.00 bits per heavy atom. The molecule has 1 unspecified atom stereocenters. The van der Waals surface area contributed by atoms with Crippen LogP contribution >= 0.6 is 0 Å². The zero-order valence-electron chi connectivity index (χ0n) is 10.4. The Kier molecular flexibility index (Phi) is 3.37. The van der Waals surface area contributed by atoms with Gasteiger partial charge >= 0.3 is 0 Å². The number of hydrogen-bond acceptors (Lipinski definition) is 2. The Balaban J connectivity index is 2.11. The molecule has 0 bridgehead atoms. The van der Waals surface area contributed by atoms with Crippen LogP contribution in [-0.2, 0) is 0 Å². The van der Waals surface area contributed by atoms with Gasteiger partial charge in [0.25, 0.3) is 0 Å². The van der Waals surface area contributed by atoms with Gasteiger partial charge in [-0.05, 0) is 43.4 Å². The van der Waals surface area contributed by atoms with Gasteiger partial charge in [-0.3, -0.25) is 0 Å². The standard InChI is InChI=1S/C14H22N2/c1-3-4-12-7-8-16(10-12)14-9-11(2)5-6-13(14)15/h5-6,9,12H,3-4,7-8,10,15H2,1-2H3. The van der Waals surface area contributed by atoms with Crippen molar-refractivity contribution in [2.75, 3.05) is 23.7 Å². The lowest BCUT2D eigenvalue weighted by Gasteiger charge is -2.21. The number of nitrogens with zero attached hydrogens (tertiary/aromatic N) is 1. The molecule has 1 saturated heterocycles. The molecule has 0 spiro atoms. The summed E-state index contributed by atoms with van der Waals surface area (Å²) in [5.74, 6) is 0.866. The van der Waals surface area contributed by atoms with E-state index in [1.807, 2.05) is 6.07 Å². The van der Waals surface area contributed by atoms with Crippen LogP contribution in [0.2, 0.25) is 0 Å². The van der Waals surface area contributed by atoms with Crippen molar-refractivity contribution in [3.63, 3.8) is 0 Å². The zero-order chi connectivity index (χ0) is 11.5. The molecular formula is C14H22N2. The van der Waals surface area contributed by atoms with Crippen molar-refractivity contribution in [3.05, 3.63) is 23.8 Å². The average Bonchev–Trinajstić information content (AvgIpc) is 2.71. The minimum absolute atomic E-state index is 0.866. The van der Waals surface area contributed by atoms with Crippen LogP contribution in [0.5, 0.6) is 0 Å². The summed E-state index contributed by atoms with van der Waals surface area (Å²) in [5, 5.41) is 0. The Labute approximate surface area is 98.4 Å². The van der Waals surface area contributed by atoms with Gasteiger partial charge in [-0.1, -0.05) is 19.4 Å². The lowest BCUT2D eigenvalue weighted by molar-refractivity contribution is 0.530. The second-order valence-electron chi connectivity index (χ2n) is 4.95. The summed E-state index contributed by atoms with van der Waals surface area (Å²) < 4.78 is 0. The number of hydrogen-bond donors (Lipinski definition) is 1. The molecule has 0 aliphatic carbocycles. The monoisotopic (exact) mass is 218 g/mol. The van der Waals surface area contributed by atoms with Crippen molar-refractivity contribution in [2.24, 2.45) is 5.92 Å². The third-order valence-electron chi connectivity index (χ3n) is 3.51. The summed E-state index contributed by atoms with van der Waals surface area (Å²) in [4.78, 5) is 2.45. The van der Waals surface area contributed by atoms with Gasteiger partial charge in [0.15, 0.2) is 0 Å². The van der Waals surface area contributed by atoms with Crippen molar-refractivity contribution in [1.29, 1.82) is 0 Å². The maximum Gasteiger partial charge on any atom is 0.0602 e. The smallest absolute Gasteiger partial charge is 0.0602 e. The van der Waals surface area contributed by atoms with E-state index >= 15 is 0 Å². The maximum atomic E-state index is 6.05.